The fourth-order valence-electron chi connectivity index (χ4n) is 2.88. The molecular weight excluding hydrogens is 386 g/mol. The first-order valence-electron chi connectivity index (χ1n) is 9.40. The molecule has 8 heteroatoms. The first-order valence-corrected chi connectivity index (χ1v) is 9.40. The summed E-state index contributed by atoms with van der Waals surface area (Å²) in [5, 5.41) is 2.58. The molecule has 0 spiro atoms. The van der Waals surface area contributed by atoms with Gasteiger partial charge in [0.2, 0.25) is 0 Å². The zero-order chi connectivity index (χ0) is 21.7. The monoisotopic (exact) mass is 409 g/mol. The topological polar surface area (TPSA) is 91.6 Å². The fourth-order valence-corrected chi connectivity index (χ4v) is 2.88. The molecule has 0 bridgehead atoms. The quantitative estimate of drug-likeness (QED) is 0.605. The van der Waals surface area contributed by atoms with Gasteiger partial charge in [-0.05, 0) is 38.1 Å². The van der Waals surface area contributed by atoms with Gasteiger partial charge >= 0.3 is 5.97 Å². The number of carbonyl (C=O) groups is 2. The number of nitrogens with zero attached hydrogens (tertiary/aromatic N) is 2. The van der Waals surface area contributed by atoms with Gasteiger partial charge in [0.15, 0.2) is 12.7 Å². The Morgan fingerprint density at radius 3 is 2.27 bits per heavy atom. The lowest BCUT2D eigenvalue weighted by molar-refractivity contribution is -0.155. The van der Waals surface area contributed by atoms with E-state index in [-0.39, 0.29) is 17.9 Å². The van der Waals surface area contributed by atoms with E-state index in [1.54, 1.807) is 55.1 Å². The van der Waals surface area contributed by atoms with Gasteiger partial charge in [-0.3, -0.25) is 14.3 Å². The molecule has 1 heterocycles. The maximum absolute atomic E-state index is 12.9. The zero-order valence-corrected chi connectivity index (χ0v) is 17.0. The number of rotatable bonds is 7. The first-order chi connectivity index (χ1) is 14.4. The summed E-state index contributed by atoms with van der Waals surface area (Å²) in [6, 6.07) is 17.9. The lowest BCUT2D eigenvalue weighted by Crippen LogP contribution is -2.33. The summed E-state index contributed by atoms with van der Waals surface area (Å²) < 4.78 is 13.5. The molecular formula is C22H23N3O5. The average molecular weight is 409 g/mol. The summed E-state index contributed by atoms with van der Waals surface area (Å²) in [6.07, 6.45) is -1.10. The van der Waals surface area contributed by atoms with Crippen LogP contribution in [-0.4, -0.2) is 34.0 Å². The van der Waals surface area contributed by atoms with Crippen molar-refractivity contribution in [2.45, 2.75) is 20.0 Å². The lowest BCUT2D eigenvalue weighted by atomic mass is 10.3. The van der Waals surface area contributed by atoms with Gasteiger partial charge in [0, 0.05) is 7.05 Å². The molecule has 0 aliphatic rings. The Morgan fingerprint density at radius 2 is 1.63 bits per heavy atom. The SMILES string of the molecule is Cc1c(NC(=O)[C@@H](C)OC(=O)COc2ccccc2)c(=O)n(-c2ccccc2)n1C. The predicted octanol–water partition coefficient (Wildman–Crippen LogP) is 2.43. The summed E-state index contributed by atoms with van der Waals surface area (Å²) in [5.74, 6) is -0.769. The van der Waals surface area contributed by atoms with Crippen LogP contribution in [0.5, 0.6) is 5.75 Å². The molecule has 8 nitrogen and oxygen atoms in total. The lowest BCUT2D eigenvalue weighted by Gasteiger charge is -2.13. The van der Waals surface area contributed by atoms with Crippen LogP contribution in [0.1, 0.15) is 12.6 Å². The largest absolute Gasteiger partial charge is 0.482 e. The number of para-hydroxylation sites is 2. The van der Waals surface area contributed by atoms with Crippen molar-refractivity contribution in [1.29, 1.82) is 0 Å². The van der Waals surface area contributed by atoms with Crippen LogP contribution in [0, 0.1) is 6.92 Å². The number of benzene rings is 2. The number of amides is 1. The standard InChI is InChI=1S/C22H23N3O5/c1-15-20(22(28)25(24(15)3)17-10-6-4-7-11-17)23-21(27)16(2)30-19(26)14-29-18-12-8-5-9-13-18/h4-13,16H,14H2,1-3H3,(H,23,27)/t16-/m1/s1. The molecule has 0 unspecified atom stereocenters. The Balaban J connectivity index is 1.65. The van der Waals surface area contributed by atoms with Crippen molar-refractivity contribution < 1.29 is 19.1 Å². The molecule has 1 amide bonds. The highest BCUT2D eigenvalue weighted by molar-refractivity contribution is 5.95. The third kappa shape index (κ3) is 4.60. The number of ether oxygens (including phenoxy) is 2. The van der Waals surface area contributed by atoms with E-state index in [0.29, 0.717) is 17.1 Å². The van der Waals surface area contributed by atoms with Gasteiger partial charge in [0.1, 0.15) is 11.4 Å². The van der Waals surface area contributed by atoms with Gasteiger partial charge in [0.05, 0.1) is 11.4 Å². The first kappa shape index (κ1) is 20.9. The number of esters is 1. The van der Waals surface area contributed by atoms with Crippen molar-refractivity contribution in [2.24, 2.45) is 7.05 Å². The van der Waals surface area contributed by atoms with E-state index in [4.69, 9.17) is 9.47 Å². The fraction of sp³-hybridized carbons (Fsp3) is 0.227. The van der Waals surface area contributed by atoms with Crippen LogP contribution in [0.4, 0.5) is 5.69 Å². The number of anilines is 1. The Labute approximate surface area is 173 Å². The summed E-state index contributed by atoms with van der Waals surface area (Å²) in [7, 11) is 1.73. The van der Waals surface area contributed by atoms with Crippen LogP contribution in [0.25, 0.3) is 5.69 Å². The van der Waals surface area contributed by atoms with Crippen LogP contribution in [0.3, 0.4) is 0 Å². The molecule has 0 aliphatic carbocycles. The van der Waals surface area contributed by atoms with Gasteiger partial charge in [0.25, 0.3) is 11.5 Å². The predicted molar refractivity (Wildman–Crippen MR) is 112 cm³/mol. The molecule has 30 heavy (non-hydrogen) atoms. The minimum atomic E-state index is -1.10. The Bertz CT molecular complexity index is 1090. The van der Waals surface area contributed by atoms with Crippen molar-refractivity contribution in [2.75, 3.05) is 11.9 Å². The summed E-state index contributed by atoms with van der Waals surface area (Å²) in [6.45, 7) is 2.83. The molecule has 0 fully saturated rings. The highest BCUT2D eigenvalue weighted by Crippen LogP contribution is 2.14. The Hall–Kier alpha value is -3.81. The van der Waals surface area contributed by atoms with Crippen molar-refractivity contribution in [1.82, 2.24) is 9.36 Å². The van der Waals surface area contributed by atoms with Gasteiger partial charge in [-0.2, -0.15) is 0 Å². The number of hydrogen-bond acceptors (Lipinski definition) is 5. The van der Waals surface area contributed by atoms with Gasteiger partial charge in [-0.25, -0.2) is 9.48 Å². The molecule has 1 N–H and O–H groups in total. The van der Waals surface area contributed by atoms with Crippen molar-refractivity contribution in [3.63, 3.8) is 0 Å². The van der Waals surface area contributed by atoms with E-state index < -0.39 is 18.0 Å². The van der Waals surface area contributed by atoms with Crippen LogP contribution in [0.15, 0.2) is 65.5 Å². The molecule has 1 aromatic heterocycles. The third-order valence-corrected chi connectivity index (χ3v) is 4.58. The summed E-state index contributed by atoms with van der Waals surface area (Å²) in [5.41, 5.74) is 1.00. The minimum Gasteiger partial charge on any atom is -0.482 e. The molecule has 0 saturated carbocycles. The van der Waals surface area contributed by atoms with E-state index in [1.165, 1.54) is 11.6 Å². The molecule has 1 atom stereocenters. The smallest absolute Gasteiger partial charge is 0.344 e. The molecule has 0 aliphatic heterocycles. The highest BCUT2D eigenvalue weighted by Gasteiger charge is 2.23. The molecule has 0 radical (unpaired) electrons. The Kier molecular flexibility index (Phi) is 6.36. The number of carbonyl (C=O) groups excluding carboxylic acids is 2. The number of nitrogens with one attached hydrogen (secondary N) is 1. The average Bonchev–Trinajstić information content (AvgIpc) is 2.96. The summed E-state index contributed by atoms with van der Waals surface area (Å²) >= 11 is 0. The third-order valence-electron chi connectivity index (χ3n) is 4.58. The molecule has 3 rings (SSSR count). The zero-order valence-electron chi connectivity index (χ0n) is 17.0. The molecule has 3 aromatic rings. The molecule has 2 aromatic carbocycles. The van der Waals surface area contributed by atoms with Gasteiger partial charge < -0.3 is 14.8 Å². The van der Waals surface area contributed by atoms with E-state index in [2.05, 4.69) is 5.32 Å². The second-order valence-electron chi connectivity index (χ2n) is 6.66. The normalized spacial score (nSPS) is 11.6. The van der Waals surface area contributed by atoms with E-state index in [9.17, 15) is 14.4 Å². The maximum atomic E-state index is 12.9. The molecule has 0 saturated heterocycles. The second kappa shape index (κ2) is 9.13. The van der Waals surface area contributed by atoms with Crippen LogP contribution >= 0.6 is 0 Å². The number of hydrogen-bond donors (Lipinski definition) is 1. The van der Waals surface area contributed by atoms with Crippen molar-refractivity contribution >= 4 is 17.6 Å². The number of aromatic nitrogens is 2. The van der Waals surface area contributed by atoms with Gasteiger partial charge in [-0.1, -0.05) is 36.4 Å². The summed E-state index contributed by atoms with van der Waals surface area (Å²) in [4.78, 5) is 37.3. The van der Waals surface area contributed by atoms with Crippen molar-refractivity contribution in [3.8, 4) is 11.4 Å². The Morgan fingerprint density at radius 1 is 1.03 bits per heavy atom. The maximum Gasteiger partial charge on any atom is 0.344 e. The molecule has 156 valence electrons. The van der Waals surface area contributed by atoms with Crippen LogP contribution in [-0.2, 0) is 21.4 Å². The minimum absolute atomic E-state index is 0.134. The van der Waals surface area contributed by atoms with Gasteiger partial charge in [-0.15, -0.1) is 0 Å². The van der Waals surface area contributed by atoms with E-state index in [0.717, 1.165) is 0 Å². The van der Waals surface area contributed by atoms with Crippen LogP contribution < -0.4 is 15.6 Å². The highest BCUT2D eigenvalue weighted by atomic mass is 16.6. The van der Waals surface area contributed by atoms with E-state index >= 15 is 0 Å². The van der Waals surface area contributed by atoms with Crippen LogP contribution in [0.2, 0.25) is 0 Å². The van der Waals surface area contributed by atoms with Crippen molar-refractivity contribution in [3.05, 3.63) is 76.7 Å². The van der Waals surface area contributed by atoms with E-state index in [1.807, 2.05) is 24.3 Å². The second-order valence-corrected chi connectivity index (χ2v) is 6.66.